The Balaban J connectivity index is 4.61. The van der Waals surface area contributed by atoms with Crippen LogP contribution in [-0.2, 0) is 4.79 Å². The quantitative estimate of drug-likeness (QED) is 0.474. The highest BCUT2D eigenvalue weighted by Gasteiger charge is 2.39. The van der Waals surface area contributed by atoms with Gasteiger partial charge in [0.1, 0.15) is 0 Å². The van der Waals surface area contributed by atoms with Gasteiger partial charge in [0.05, 0.1) is 10.4 Å². The second-order valence-electron chi connectivity index (χ2n) is 4.91. The molecular weight excluding hydrogens is 244 g/mol. The van der Waals surface area contributed by atoms with E-state index in [1.165, 1.54) is 0 Å². The highest BCUT2D eigenvalue weighted by molar-refractivity contribution is 7.80. The summed E-state index contributed by atoms with van der Waals surface area (Å²) in [7, 11) is 0. The number of nitrogens with two attached hydrogens (primary N) is 1. The summed E-state index contributed by atoms with van der Waals surface area (Å²) < 4.78 is 0. The monoisotopic (exact) mass is 272 g/mol. The number of carbonyl (C=O) groups excluding carboxylic acids is 1. The standard InChI is InChI=1S/C14H28N2OS/c1-4-7-8-11-16-13(17)14(9-5-2,10-6-3)12(15)18/h4-11H2,1-3H3,(H2,15,18)(H,16,17). The molecule has 3 N–H and O–H groups in total. The smallest absolute Gasteiger partial charge is 0.233 e. The minimum Gasteiger partial charge on any atom is -0.392 e. The molecule has 0 unspecified atom stereocenters. The minimum absolute atomic E-state index is 0.0230. The first-order valence-corrected chi connectivity index (χ1v) is 7.54. The summed E-state index contributed by atoms with van der Waals surface area (Å²) >= 11 is 5.15. The molecule has 0 aliphatic heterocycles. The van der Waals surface area contributed by atoms with Crippen molar-refractivity contribution in [2.24, 2.45) is 11.1 Å². The number of hydrogen-bond acceptors (Lipinski definition) is 2. The van der Waals surface area contributed by atoms with Crippen molar-refractivity contribution in [3.8, 4) is 0 Å². The van der Waals surface area contributed by atoms with E-state index in [-0.39, 0.29) is 5.91 Å². The molecule has 0 spiro atoms. The molecule has 0 bridgehead atoms. The summed E-state index contributed by atoms with van der Waals surface area (Å²) in [6, 6.07) is 0. The lowest BCUT2D eigenvalue weighted by Gasteiger charge is -2.31. The van der Waals surface area contributed by atoms with Crippen LogP contribution in [0.1, 0.15) is 65.7 Å². The fourth-order valence-electron chi connectivity index (χ4n) is 2.31. The van der Waals surface area contributed by atoms with E-state index in [0.29, 0.717) is 4.99 Å². The van der Waals surface area contributed by atoms with Gasteiger partial charge in [-0.3, -0.25) is 4.79 Å². The van der Waals surface area contributed by atoms with Gasteiger partial charge < -0.3 is 11.1 Å². The van der Waals surface area contributed by atoms with E-state index >= 15 is 0 Å². The summed E-state index contributed by atoms with van der Waals surface area (Å²) in [5, 5.41) is 3.00. The molecule has 0 saturated heterocycles. The van der Waals surface area contributed by atoms with Gasteiger partial charge in [0.25, 0.3) is 0 Å². The van der Waals surface area contributed by atoms with Crippen molar-refractivity contribution in [1.29, 1.82) is 0 Å². The van der Waals surface area contributed by atoms with Crippen LogP contribution in [0, 0.1) is 5.41 Å². The molecule has 0 atom stereocenters. The van der Waals surface area contributed by atoms with Crippen LogP contribution in [0.3, 0.4) is 0 Å². The normalized spacial score (nSPS) is 11.3. The van der Waals surface area contributed by atoms with E-state index in [9.17, 15) is 4.79 Å². The van der Waals surface area contributed by atoms with Crippen molar-refractivity contribution < 1.29 is 4.79 Å². The second kappa shape index (κ2) is 9.31. The molecule has 0 aliphatic rings. The van der Waals surface area contributed by atoms with Crippen molar-refractivity contribution in [2.75, 3.05) is 6.54 Å². The topological polar surface area (TPSA) is 55.1 Å². The molecular formula is C14H28N2OS. The Morgan fingerprint density at radius 2 is 1.67 bits per heavy atom. The maximum absolute atomic E-state index is 12.4. The molecule has 0 saturated carbocycles. The highest BCUT2D eigenvalue weighted by Crippen LogP contribution is 2.30. The number of hydrogen-bond donors (Lipinski definition) is 2. The van der Waals surface area contributed by atoms with Gasteiger partial charge in [-0.25, -0.2) is 0 Å². The summed E-state index contributed by atoms with van der Waals surface area (Å²) in [4.78, 5) is 12.7. The van der Waals surface area contributed by atoms with E-state index in [2.05, 4.69) is 26.1 Å². The van der Waals surface area contributed by atoms with Crippen molar-refractivity contribution in [2.45, 2.75) is 65.7 Å². The molecule has 0 rings (SSSR count). The zero-order chi connectivity index (χ0) is 14.0. The molecule has 0 heterocycles. The maximum atomic E-state index is 12.4. The predicted octanol–water partition coefficient (Wildman–Crippen LogP) is 3.17. The Kier molecular flexibility index (Phi) is 8.98. The third-order valence-corrected chi connectivity index (χ3v) is 3.72. The molecule has 0 radical (unpaired) electrons. The van der Waals surface area contributed by atoms with Gasteiger partial charge in [-0.2, -0.15) is 0 Å². The number of thiocarbonyl (C=S) groups is 1. The van der Waals surface area contributed by atoms with Crippen LogP contribution in [0.15, 0.2) is 0 Å². The average molecular weight is 272 g/mol. The summed E-state index contributed by atoms with van der Waals surface area (Å²) in [6.45, 7) is 7.00. The largest absolute Gasteiger partial charge is 0.392 e. The molecule has 4 heteroatoms. The lowest BCUT2D eigenvalue weighted by Crippen LogP contribution is -2.49. The van der Waals surface area contributed by atoms with Gasteiger partial charge in [-0.05, 0) is 19.3 Å². The van der Waals surface area contributed by atoms with Crippen LogP contribution in [0.25, 0.3) is 0 Å². The SMILES string of the molecule is CCCCCNC(=O)C(CCC)(CCC)C(N)=S. The fourth-order valence-corrected chi connectivity index (χ4v) is 2.61. The number of carbonyl (C=O) groups is 1. The zero-order valence-corrected chi connectivity index (χ0v) is 12.9. The number of unbranched alkanes of at least 4 members (excludes halogenated alkanes) is 2. The molecule has 0 aliphatic carbocycles. The van der Waals surface area contributed by atoms with Crippen LogP contribution in [-0.4, -0.2) is 17.4 Å². The minimum atomic E-state index is -0.634. The van der Waals surface area contributed by atoms with Crippen molar-refractivity contribution >= 4 is 23.1 Å². The average Bonchev–Trinajstić information content (AvgIpc) is 2.33. The molecule has 0 aromatic heterocycles. The lowest BCUT2D eigenvalue weighted by molar-refractivity contribution is -0.128. The summed E-state index contributed by atoms with van der Waals surface area (Å²) in [5.41, 5.74) is 5.21. The van der Waals surface area contributed by atoms with Crippen LogP contribution >= 0.6 is 12.2 Å². The Labute approximate surface area is 117 Å². The molecule has 3 nitrogen and oxygen atoms in total. The highest BCUT2D eigenvalue weighted by atomic mass is 32.1. The first-order valence-electron chi connectivity index (χ1n) is 7.13. The Morgan fingerprint density at radius 1 is 1.11 bits per heavy atom. The molecule has 0 aromatic rings. The van der Waals surface area contributed by atoms with E-state index in [0.717, 1.165) is 51.5 Å². The zero-order valence-electron chi connectivity index (χ0n) is 12.1. The predicted molar refractivity (Wildman–Crippen MR) is 81.6 cm³/mol. The maximum Gasteiger partial charge on any atom is 0.233 e. The third-order valence-electron chi connectivity index (χ3n) is 3.33. The Bertz CT molecular complexity index is 261. The molecule has 18 heavy (non-hydrogen) atoms. The number of amides is 1. The Hall–Kier alpha value is -0.640. The van der Waals surface area contributed by atoms with Crippen LogP contribution in [0.5, 0.6) is 0 Å². The first-order chi connectivity index (χ1) is 8.55. The molecule has 106 valence electrons. The van der Waals surface area contributed by atoms with E-state index in [1.54, 1.807) is 0 Å². The Morgan fingerprint density at radius 3 is 2.06 bits per heavy atom. The fraction of sp³-hybridized carbons (Fsp3) is 0.857. The van der Waals surface area contributed by atoms with Gasteiger partial charge >= 0.3 is 0 Å². The van der Waals surface area contributed by atoms with Gasteiger partial charge in [0.2, 0.25) is 5.91 Å². The number of rotatable bonds is 10. The van der Waals surface area contributed by atoms with Crippen LogP contribution < -0.4 is 11.1 Å². The first kappa shape index (κ1) is 17.4. The molecule has 1 amide bonds. The van der Waals surface area contributed by atoms with E-state index in [4.69, 9.17) is 18.0 Å². The van der Waals surface area contributed by atoms with Crippen molar-refractivity contribution in [3.05, 3.63) is 0 Å². The molecule has 0 fully saturated rings. The van der Waals surface area contributed by atoms with Gasteiger partial charge in [0, 0.05) is 6.54 Å². The van der Waals surface area contributed by atoms with Gasteiger partial charge in [0.15, 0.2) is 0 Å². The summed E-state index contributed by atoms with van der Waals surface area (Å²) in [5.74, 6) is 0.0230. The van der Waals surface area contributed by atoms with Crippen LogP contribution in [0.2, 0.25) is 0 Å². The van der Waals surface area contributed by atoms with Crippen molar-refractivity contribution in [3.63, 3.8) is 0 Å². The third kappa shape index (κ3) is 4.92. The van der Waals surface area contributed by atoms with E-state index in [1.807, 2.05) is 0 Å². The second-order valence-corrected chi connectivity index (χ2v) is 5.35. The van der Waals surface area contributed by atoms with E-state index < -0.39 is 5.41 Å². The van der Waals surface area contributed by atoms with Crippen molar-refractivity contribution in [1.82, 2.24) is 5.32 Å². The molecule has 0 aromatic carbocycles. The van der Waals surface area contributed by atoms with Gasteiger partial charge in [-0.15, -0.1) is 0 Å². The van der Waals surface area contributed by atoms with Gasteiger partial charge in [-0.1, -0.05) is 58.7 Å². The summed E-state index contributed by atoms with van der Waals surface area (Å²) in [6.07, 6.45) is 6.64. The number of nitrogens with one attached hydrogen (secondary N) is 1. The lowest BCUT2D eigenvalue weighted by atomic mass is 9.78. The van der Waals surface area contributed by atoms with Crippen LogP contribution in [0.4, 0.5) is 0 Å².